The fraction of sp³-hybridized carbons (Fsp3) is 0.455. The van der Waals surface area contributed by atoms with E-state index in [1.807, 2.05) is 0 Å². The summed E-state index contributed by atoms with van der Waals surface area (Å²) in [5, 5.41) is 0. The second-order valence-electron chi connectivity index (χ2n) is 3.35. The van der Waals surface area contributed by atoms with E-state index < -0.39 is 0 Å². The molecule has 0 saturated carbocycles. The first-order valence-corrected chi connectivity index (χ1v) is 4.65. The quantitative estimate of drug-likeness (QED) is 0.643. The molecule has 0 N–H and O–H groups in total. The molecular weight excluding hydrogens is 196 g/mol. The van der Waals surface area contributed by atoms with Crippen molar-refractivity contribution in [3.63, 3.8) is 0 Å². The third-order valence-corrected chi connectivity index (χ3v) is 2.44. The van der Waals surface area contributed by atoms with Gasteiger partial charge in [-0.15, -0.1) is 0 Å². The predicted octanol–water partition coefficient (Wildman–Crippen LogP) is 1.22. The van der Waals surface area contributed by atoms with Gasteiger partial charge < -0.3 is 9.47 Å². The first kappa shape index (κ1) is 11.5. The molecule has 1 aliphatic rings. The SMILES string of the molecule is C=C1C=C(C(=O)OC)CCC1C(=O)OC. The molecule has 0 saturated heterocycles. The maximum Gasteiger partial charge on any atom is 0.333 e. The molecule has 0 radical (unpaired) electrons. The zero-order valence-electron chi connectivity index (χ0n) is 8.91. The van der Waals surface area contributed by atoms with E-state index in [-0.39, 0.29) is 17.9 Å². The number of ether oxygens (including phenoxy) is 2. The topological polar surface area (TPSA) is 52.6 Å². The molecule has 15 heavy (non-hydrogen) atoms. The molecule has 0 amide bonds. The minimum Gasteiger partial charge on any atom is -0.469 e. The molecule has 1 rings (SSSR count). The Hall–Kier alpha value is -1.58. The van der Waals surface area contributed by atoms with Crippen molar-refractivity contribution in [2.75, 3.05) is 14.2 Å². The van der Waals surface area contributed by atoms with Crippen LogP contribution in [0.5, 0.6) is 0 Å². The van der Waals surface area contributed by atoms with E-state index in [2.05, 4.69) is 16.1 Å². The Bertz CT molecular complexity index is 327. The highest BCUT2D eigenvalue weighted by atomic mass is 16.5. The first-order valence-electron chi connectivity index (χ1n) is 4.65. The van der Waals surface area contributed by atoms with Gasteiger partial charge in [0.2, 0.25) is 0 Å². The molecule has 1 unspecified atom stereocenters. The van der Waals surface area contributed by atoms with Gasteiger partial charge in [0.05, 0.1) is 20.1 Å². The van der Waals surface area contributed by atoms with Crippen LogP contribution in [0, 0.1) is 5.92 Å². The lowest BCUT2D eigenvalue weighted by Gasteiger charge is -2.20. The molecular formula is C11H14O4. The fourth-order valence-corrected chi connectivity index (χ4v) is 1.59. The predicted molar refractivity (Wildman–Crippen MR) is 54.0 cm³/mol. The average Bonchev–Trinajstić information content (AvgIpc) is 2.26. The lowest BCUT2D eigenvalue weighted by atomic mass is 9.86. The zero-order valence-corrected chi connectivity index (χ0v) is 8.91. The van der Waals surface area contributed by atoms with Gasteiger partial charge in [-0.2, -0.15) is 0 Å². The maximum atomic E-state index is 11.3. The average molecular weight is 210 g/mol. The summed E-state index contributed by atoms with van der Waals surface area (Å²) in [5.41, 5.74) is 1.16. The Morgan fingerprint density at radius 2 is 2.07 bits per heavy atom. The monoisotopic (exact) mass is 210 g/mol. The molecule has 0 bridgehead atoms. The summed E-state index contributed by atoms with van der Waals surface area (Å²) in [5.74, 6) is -0.997. The summed E-state index contributed by atoms with van der Waals surface area (Å²) in [6, 6.07) is 0. The van der Waals surface area contributed by atoms with Gasteiger partial charge in [0.25, 0.3) is 0 Å². The van der Waals surface area contributed by atoms with Gasteiger partial charge in [0.15, 0.2) is 0 Å². The number of hydrogen-bond acceptors (Lipinski definition) is 4. The maximum absolute atomic E-state index is 11.3. The number of rotatable bonds is 2. The van der Waals surface area contributed by atoms with Crippen molar-refractivity contribution in [3.8, 4) is 0 Å². The Morgan fingerprint density at radius 1 is 1.40 bits per heavy atom. The van der Waals surface area contributed by atoms with E-state index in [4.69, 9.17) is 0 Å². The third kappa shape index (κ3) is 2.46. The van der Waals surface area contributed by atoms with Crippen molar-refractivity contribution >= 4 is 11.9 Å². The standard InChI is InChI=1S/C11H14O4/c1-7-6-8(10(12)14-2)4-5-9(7)11(13)15-3/h6,9H,1,4-5H2,2-3H3. The molecule has 4 nitrogen and oxygen atoms in total. The summed E-state index contributed by atoms with van der Waals surface area (Å²) < 4.78 is 9.23. The van der Waals surface area contributed by atoms with Gasteiger partial charge in [-0.1, -0.05) is 6.58 Å². The van der Waals surface area contributed by atoms with E-state index in [1.54, 1.807) is 6.08 Å². The van der Waals surface area contributed by atoms with Gasteiger partial charge >= 0.3 is 11.9 Å². The van der Waals surface area contributed by atoms with E-state index in [0.29, 0.717) is 24.0 Å². The van der Waals surface area contributed by atoms with Crippen LogP contribution in [0.3, 0.4) is 0 Å². The number of hydrogen-bond donors (Lipinski definition) is 0. The van der Waals surface area contributed by atoms with E-state index in [0.717, 1.165) is 0 Å². The molecule has 0 fully saturated rings. The van der Waals surface area contributed by atoms with Crippen molar-refractivity contribution in [1.29, 1.82) is 0 Å². The zero-order chi connectivity index (χ0) is 11.4. The van der Waals surface area contributed by atoms with Crippen LogP contribution in [0.25, 0.3) is 0 Å². The van der Waals surface area contributed by atoms with Crippen LogP contribution >= 0.6 is 0 Å². The number of carbonyl (C=O) groups is 2. The number of methoxy groups -OCH3 is 2. The minimum atomic E-state index is -0.362. The number of carbonyl (C=O) groups excluding carboxylic acids is 2. The highest BCUT2D eigenvalue weighted by Crippen LogP contribution is 2.28. The lowest BCUT2D eigenvalue weighted by Crippen LogP contribution is -2.22. The van der Waals surface area contributed by atoms with Crippen molar-refractivity contribution in [2.45, 2.75) is 12.8 Å². The van der Waals surface area contributed by atoms with Crippen LogP contribution in [0.15, 0.2) is 23.8 Å². The highest BCUT2D eigenvalue weighted by Gasteiger charge is 2.27. The molecule has 1 aliphatic carbocycles. The van der Waals surface area contributed by atoms with Gasteiger partial charge in [0.1, 0.15) is 0 Å². The molecule has 0 spiro atoms. The van der Waals surface area contributed by atoms with Crippen LogP contribution in [-0.4, -0.2) is 26.2 Å². The Balaban J connectivity index is 2.78. The van der Waals surface area contributed by atoms with Crippen molar-refractivity contribution in [1.82, 2.24) is 0 Å². The normalized spacial score (nSPS) is 20.5. The van der Waals surface area contributed by atoms with Gasteiger partial charge in [-0.25, -0.2) is 4.79 Å². The largest absolute Gasteiger partial charge is 0.469 e. The van der Waals surface area contributed by atoms with Crippen LogP contribution in [0.4, 0.5) is 0 Å². The molecule has 0 aromatic rings. The molecule has 0 aromatic heterocycles. The molecule has 0 heterocycles. The Kier molecular flexibility index (Phi) is 3.66. The van der Waals surface area contributed by atoms with Crippen LogP contribution < -0.4 is 0 Å². The second kappa shape index (κ2) is 4.77. The summed E-state index contributed by atoms with van der Waals surface area (Å²) in [6.07, 6.45) is 2.68. The van der Waals surface area contributed by atoms with Gasteiger partial charge in [0, 0.05) is 5.57 Å². The molecule has 1 atom stereocenters. The summed E-state index contributed by atoms with van der Waals surface area (Å²) in [4.78, 5) is 22.5. The van der Waals surface area contributed by atoms with Crippen LogP contribution in [0.1, 0.15) is 12.8 Å². The highest BCUT2D eigenvalue weighted by molar-refractivity contribution is 5.90. The molecule has 4 heteroatoms. The number of allylic oxidation sites excluding steroid dienone is 1. The van der Waals surface area contributed by atoms with Crippen molar-refractivity contribution < 1.29 is 19.1 Å². The van der Waals surface area contributed by atoms with Crippen molar-refractivity contribution in [2.24, 2.45) is 5.92 Å². The third-order valence-electron chi connectivity index (χ3n) is 2.44. The molecule has 0 aliphatic heterocycles. The van der Waals surface area contributed by atoms with Crippen LogP contribution in [0.2, 0.25) is 0 Å². The van der Waals surface area contributed by atoms with Gasteiger partial charge in [-0.3, -0.25) is 4.79 Å². The molecule has 0 aromatic carbocycles. The summed E-state index contributed by atoms with van der Waals surface area (Å²) in [7, 11) is 2.67. The van der Waals surface area contributed by atoms with Crippen molar-refractivity contribution in [3.05, 3.63) is 23.8 Å². The summed E-state index contributed by atoms with van der Waals surface area (Å²) >= 11 is 0. The second-order valence-corrected chi connectivity index (χ2v) is 3.35. The summed E-state index contributed by atoms with van der Waals surface area (Å²) in [6.45, 7) is 3.75. The van der Waals surface area contributed by atoms with Crippen LogP contribution in [-0.2, 0) is 19.1 Å². The number of esters is 2. The van der Waals surface area contributed by atoms with Gasteiger partial charge in [-0.05, 0) is 24.5 Å². The molecule has 82 valence electrons. The first-order chi connectivity index (χ1) is 7.10. The van der Waals surface area contributed by atoms with E-state index in [9.17, 15) is 9.59 Å². The lowest BCUT2D eigenvalue weighted by molar-refractivity contribution is -0.144. The fourth-order valence-electron chi connectivity index (χ4n) is 1.59. The smallest absolute Gasteiger partial charge is 0.333 e. The van der Waals surface area contributed by atoms with E-state index in [1.165, 1.54) is 14.2 Å². The minimum absolute atomic E-state index is 0.305. The Labute approximate surface area is 88.6 Å². The Morgan fingerprint density at radius 3 is 2.53 bits per heavy atom. The van der Waals surface area contributed by atoms with E-state index >= 15 is 0 Å².